The van der Waals surface area contributed by atoms with Crippen molar-refractivity contribution in [3.8, 4) is 28.4 Å². The van der Waals surface area contributed by atoms with Gasteiger partial charge in [0.25, 0.3) is 0 Å². The normalized spacial score (nSPS) is 11.3. The molecular weight excluding hydrogens is 261 g/mol. The third kappa shape index (κ3) is 3.31. The van der Waals surface area contributed by atoms with Crippen molar-refractivity contribution in [2.45, 2.75) is 6.36 Å². The zero-order valence-electron chi connectivity index (χ0n) is 9.48. The summed E-state index contributed by atoms with van der Waals surface area (Å²) in [5.41, 5.74) is 1.02. The van der Waals surface area contributed by atoms with Gasteiger partial charge in [-0.1, -0.05) is 18.2 Å². The van der Waals surface area contributed by atoms with Gasteiger partial charge in [-0.25, -0.2) is 0 Å². The Bertz CT molecular complexity index is 577. The Morgan fingerprint density at radius 3 is 2.00 bits per heavy atom. The first-order valence-corrected chi connectivity index (χ1v) is 5.23. The molecule has 0 spiro atoms. The van der Waals surface area contributed by atoms with Crippen molar-refractivity contribution in [3.05, 3.63) is 42.5 Å². The molecule has 0 fully saturated rings. The van der Waals surface area contributed by atoms with E-state index in [-0.39, 0.29) is 5.75 Å². The van der Waals surface area contributed by atoms with Gasteiger partial charge in [0.1, 0.15) is 5.75 Å². The first-order valence-electron chi connectivity index (χ1n) is 5.23. The fraction of sp³-hybridized carbons (Fsp3) is 0.0769. The van der Waals surface area contributed by atoms with Gasteiger partial charge in [-0.05, 0) is 35.4 Å². The summed E-state index contributed by atoms with van der Waals surface area (Å²) in [6.45, 7) is 0. The second-order valence-corrected chi connectivity index (χ2v) is 3.78. The summed E-state index contributed by atoms with van der Waals surface area (Å²) in [6, 6.07) is 9.54. The topological polar surface area (TPSA) is 49.7 Å². The Hall–Kier alpha value is -2.37. The van der Waals surface area contributed by atoms with Crippen LogP contribution in [0.1, 0.15) is 0 Å². The number of benzene rings is 2. The molecule has 0 aromatic heterocycles. The predicted octanol–water partition coefficient (Wildman–Crippen LogP) is 3.66. The minimum Gasteiger partial charge on any atom is -0.508 e. The van der Waals surface area contributed by atoms with E-state index in [4.69, 9.17) is 5.11 Å². The third-order valence-corrected chi connectivity index (χ3v) is 2.39. The van der Waals surface area contributed by atoms with Gasteiger partial charge < -0.3 is 14.9 Å². The van der Waals surface area contributed by atoms with Crippen LogP contribution in [0, 0.1) is 0 Å². The van der Waals surface area contributed by atoms with E-state index < -0.39 is 17.9 Å². The van der Waals surface area contributed by atoms with Gasteiger partial charge in [0, 0.05) is 0 Å². The monoisotopic (exact) mass is 270 g/mol. The number of alkyl halides is 3. The fourth-order valence-corrected chi connectivity index (χ4v) is 1.55. The van der Waals surface area contributed by atoms with Crippen molar-refractivity contribution < 1.29 is 28.1 Å². The number of hydrogen-bond donors (Lipinski definition) is 2. The highest BCUT2D eigenvalue weighted by Gasteiger charge is 2.32. The average Bonchev–Trinajstić information content (AvgIpc) is 2.31. The van der Waals surface area contributed by atoms with Gasteiger partial charge >= 0.3 is 6.36 Å². The second kappa shape index (κ2) is 4.72. The summed E-state index contributed by atoms with van der Waals surface area (Å²) in [7, 11) is 0. The lowest BCUT2D eigenvalue weighted by Gasteiger charge is -2.11. The molecule has 0 atom stereocenters. The van der Waals surface area contributed by atoms with E-state index in [0.717, 1.165) is 12.1 Å². The van der Waals surface area contributed by atoms with Gasteiger partial charge in [0.2, 0.25) is 0 Å². The Morgan fingerprint density at radius 2 is 1.42 bits per heavy atom. The number of ether oxygens (including phenoxy) is 1. The van der Waals surface area contributed by atoms with Crippen molar-refractivity contribution >= 4 is 0 Å². The minimum absolute atomic E-state index is 0.0503. The molecule has 0 amide bonds. The van der Waals surface area contributed by atoms with Crippen molar-refractivity contribution in [2.24, 2.45) is 0 Å². The van der Waals surface area contributed by atoms with E-state index in [1.807, 2.05) is 0 Å². The van der Waals surface area contributed by atoms with Crippen LogP contribution in [0.15, 0.2) is 42.5 Å². The lowest BCUT2D eigenvalue weighted by molar-refractivity contribution is -0.275. The van der Waals surface area contributed by atoms with Gasteiger partial charge in [0.05, 0.1) is 0 Å². The highest BCUT2D eigenvalue weighted by atomic mass is 19.4. The molecule has 2 aromatic carbocycles. The first kappa shape index (κ1) is 13.1. The predicted molar refractivity (Wildman–Crippen MR) is 61.9 cm³/mol. The van der Waals surface area contributed by atoms with Crippen LogP contribution in [0.25, 0.3) is 11.1 Å². The molecule has 0 unspecified atom stereocenters. The second-order valence-electron chi connectivity index (χ2n) is 3.78. The maximum absolute atomic E-state index is 12.1. The first-order chi connectivity index (χ1) is 8.85. The number of phenols is 2. The number of hydrogen-bond acceptors (Lipinski definition) is 3. The van der Waals surface area contributed by atoms with Crippen LogP contribution >= 0.6 is 0 Å². The smallest absolute Gasteiger partial charge is 0.508 e. The van der Waals surface area contributed by atoms with E-state index in [2.05, 4.69) is 4.74 Å². The maximum atomic E-state index is 12.1. The number of phenolic OH excluding ortho intramolecular Hbond substituents is 2. The van der Waals surface area contributed by atoms with Gasteiger partial charge in [-0.15, -0.1) is 13.2 Å². The summed E-state index contributed by atoms with van der Waals surface area (Å²) >= 11 is 0. The highest BCUT2D eigenvalue weighted by molar-refractivity contribution is 5.67. The average molecular weight is 270 g/mol. The van der Waals surface area contributed by atoms with E-state index in [0.29, 0.717) is 11.1 Å². The van der Waals surface area contributed by atoms with Crippen LogP contribution in [0.5, 0.6) is 17.2 Å². The third-order valence-electron chi connectivity index (χ3n) is 2.39. The summed E-state index contributed by atoms with van der Waals surface area (Å²) in [5, 5.41) is 18.5. The molecule has 0 aliphatic carbocycles. The van der Waals surface area contributed by atoms with E-state index in [1.165, 1.54) is 18.2 Å². The molecule has 2 N–H and O–H groups in total. The van der Waals surface area contributed by atoms with Crippen molar-refractivity contribution in [1.82, 2.24) is 0 Å². The molecule has 0 aliphatic heterocycles. The lowest BCUT2D eigenvalue weighted by Crippen LogP contribution is -2.17. The number of halogens is 3. The van der Waals surface area contributed by atoms with Gasteiger partial charge in [-0.2, -0.15) is 0 Å². The highest BCUT2D eigenvalue weighted by Crippen LogP contribution is 2.35. The summed E-state index contributed by atoms with van der Waals surface area (Å²) in [5.74, 6) is -1.22. The molecule has 100 valence electrons. The van der Waals surface area contributed by atoms with Crippen molar-refractivity contribution in [2.75, 3.05) is 0 Å². The zero-order valence-corrected chi connectivity index (χ0v) is 9.48. The molecule has 2 rings (SSSR count). The Kier molecular flexibility index (Phi) is 3.25. The standard InChI is InChI=1S/C13H9F3O3/c14-13(15,16)19-12-7-9(3-6-11(12)18)8-1-4-10(17)5-2-8/h1-7,17-18H. The Balaban J connectivity index is 2.38. The van der Waals surface area contributed by atoms with Crippen LogP contribution in [0.2, 0.25) is 0 Å². The SMILES string of the molecule is Oc1ccc(-c2ccc(O)c(OC(F)(F)F)c2)cc1. The van der Waals surface area contributed by atoms with Crippen molar-refractivity contribution in [1.29, 1.82) is 0 Å². The number of rotatable bonds is 2. The van der Waals surface area contributed by atoms with Crippen LogP contribution in [0.3, 0.4) is 0 Å². The summed E-state index contributed by atoms with van der Waals surface area (Å²) < 4.78 is 40.1. The fourth-order valence-electron chi connectivity index (χ4n) is 1.55. The molecule has 0 heterocycles. The van der Waals surface area contributed by atoms with Crippen LogP contribution in [0.4, 0.5) is 13.2 Å². The quantitative estimate of drug-likeness (QED) is 0.875. The Labute approximate surface area is 106 Å². The maximum Gasteiger partial charge on any atom is 0.573 e. The molecule has 2 aromatic rings. The van der Waals surface area contributed by atoms with Crippen LogP contribution in [-0.4, -0.2) is 16.6 Å². The molecule has 0 radical (unpaired) electrons. The molecule has 0 aliphatic rings. The van der Waals surface area contributed by atoms with E-state index in [9.17, 15) is 18.3 Å². The minimum atomic E-state index is -4.87. The molecular formula is C13H9F3O3. The lowest BCUT2D eigenvalue weighted by atomic mass is 10.1. The largest absolute Gasteiger partial charge is 0.573 e. The van der Waals surface area contributed by atoms with Crippen molar-refractivity contribution in [3.63, 3.8) is 0 Å². The molecule has 19 heavy (non-hydrogen) atoms. The van der Waals surface area contributed by atoms with E-state index in [1.54, 1.807) is 12.1 Å². The van der Waals surface area contributed by atoms with Crippen LogP contribution < -0.4 is 4.74 Å². The zero-order chi connectivity index (χ0) is 14.0. The molecule has 0 saturated heterocycles. The molecule has 0 saturated carbocycles. The summed E-state index contributed by atoms with van der Waals surface area (Å²) in [4.78, 5) is 0. The van der Waals surface area contributed by atoms with Crippen LogP contribution in [-0.2, 0) is 0 Å². The molecule has 0 bridgehead atoms. The van der Waals surface area contributed by atoms with E-state index >= 15 is 0 Å². The number of aromatic hydroxyl groups is 2. The molecule has 6 heteroatoms. The van der Waals surface area contributed by atoms with Gasteiger partial charge in [0.15, 0.2) is 11.5 Å². The Morgan fingerprint density at radius 1 is 0.842 bits per heavy atom. The van der Waals surface area contributed by atoms with Gasteiger partial charge in [-0.3, -0.25) is 0 Å². The summed E-state index contributed by atoms with van der Waals surface area (Å²) in [6.07, 6.45) is -4.87. The molecule has 3 nitrogen and oxygen atoms in total.